The van der Waals surface area contributed by atoms with E-state index >= 15 is 0 Å². The SMILES string of the molecule is Cc1ccc(-c2csc3ncn(CC(=O)c4ccccc4)c(=O)c23)cc1. The quantitative estimate of drug-likeness (QED) is 0.509. The second-order valence-electron chi connectivity index (χ2n) is 6.16. The predicted octanol–water partition coefficient (Wildman–Crippen LogP) is 4.32. The van der Waals surface area contributed by atoms with Crippen molar-refractivity contribution < 1.29 is 4.79 Å². The molecular weight excluding hydrogens is 344 g/mol. The van der Waals surface area contributed by atoms with Gasteiger partial charge in [-0.25, -0.2) is 4.98 Å². The Morgan fingerprint density at radius 3 is 2.54 bits per heavy atom. The summed E-state index contributed by atoms with van der Waals surface area (Å²) in [6, 6.07) is 17.0. The Kier molecular flexibility index (Phi) is 4.22. The molecule has 0 amide bonds. The van der Waals surface area contributed by atoms with Crippen molar-refractivity contribution in [1.29, 1.82) is 0 Å². The average molecular weight is 360 g/mol. The lowest BCUT2D eigenvalue weighted by molar-refractivity contribution is 0.0970. The molecule has 0 aliphatic carbocycles. The predicted molar refractivity (Wildman–Crippen MR) is 105 cm³/mol. The number of hydrogen-bond donors (Lipinski definition) is 0. The molecule has 0 spiro atoms. The molecule has 0 aliphatic rings. The molecule has 2 heterocycles. The van der Waals surface area contributed by atoms with Crippen LogP contribution in [0.2, 0.25) is 0 Å². The number of rotatable bonds is 4. The van der Waals surface area contributed by atoms with Crippen LogP contribution in [0.25, 0.3) is 21.3 Å². The lowest BCUT2D eigenvalue weighted by Crippen LogP contribution is -2.24. The molecule has 4 rings (SSSR count). The minimum Gasteiger partial charge on any atom is -0.292 e. The average Bonchev–Trinajstić information content (AvgIpc) is 3.10. The molecule has 4 aromatic rings. The molecule has 2 aromatic carbocycles. The molecule has 0 radical (unpaired) electrons. The maximum Gasteiger partial charge on any atom is 0.263 e. The van der Waals surface area contributed by atoms with Crippen molar-refractivity contribution in [3.8, 4) is 11.1 Å². The van der Waals surface area contributed by atoms with Gasteiger partial charge in [-0.1, -0.05) is 60.2 Å². The van der Waals surface area contributed by atoms with E-state index in [1.165, 1.54) is 22.2 Å². The van der Waals surface area contributed by atoms with Crippen LogP contribution in [0, 0.1) is 6.92 Å². The third-order valence-electron chi connectivity index (χ3n) is 4.33. The lowest BCUT2D eigenvalue weighted by atomic mass is 10.1. The van der Waals surface area contributed by atoms with Crippen molar-refractivity contribution in [3.63, 3.8) is 0 Å². The molecule has 0 atom stereocenters. The summed E-state index contributed by atoms with van der Waals surface area (Å²) in [6.45, 7) is 2.01. The standard InChI is InChI=1S/C21H16N2O2S/c1-14-7-9-15(10-8-14)17-12-26-20-19(17)21(25)23(13-22-20)11-18(24)16-5-3-2-4-6-16/h2-10,12-13H,11H2,1H3. The molecule has 0 saturated carbocycles. The topological polar surface area (TPSA) is 52.0 Å². The summed E-state index contributed by atoms with van der Waals surface area (Å²) in [4.78, 5) is 30.5. The van der Waals surface area contributed by atoms with Crippen molar-refractivity contribution in [2.24, 2.45) is 0 Å². The number of ketones is 1. The Balaban J connectivity index is 1.77. The smallest absolute Gasteiger partial charge is 0.263 e. The van der Waals surface area contributed by atoms with Crippen LogP contribution < -0.4 is 5.56 Å². The zero-order valence-electron chi connectivity index (χ0n) is 14.2. The van der Waals surface area contributed by atoms with Gasteiger partial charge in [0.15, 0.2) is 5.78 Å². The molecule has 0 aliphatic heterocycles. The van der Waals surface area contributed by atoms with Gasteiger partial charge in [0, 0.05) is 16.5 Å². The Hall–Kier alpha value is -3.05. The molecule has 26 heavy (non-hydrogen) atoms. The summed E-state index contributed by atoms with van der Waals surface area (Å²) in [5.74, 6) is -0.110. The molecule has 0 bridgehead atoms. The molecule has 0 saturated heterocycles. The van der Waals surface area contributed by atoms with Gasteiger partial charge in [0.05, 0.1) is 18.3 Å². The van der Waals surface area contributed by atoms with Gasteiger partial charge in [-0.15, -0.1) is 11.3 Å². The van der Waals surface area contributed by atoms with Gasteiger partial charge in [0.1, 0.15) is 4.83 Å². The molecule has 0 fully saturated rings. The van der Waals surface area contributed by atoms with Gasteiger partial charge in [0.25, 0.3) is 5.56 Å². The van der Waals surface area contributed by atoms with Crippen LogP contribution in [-0.2, 0) is 6.54 Å². The number of nitrogens with zero attached hydrogens (tertiary/aromatic N) is 2. The van der Waals surface area contributed by atoms with Crippen LogP contribution in [-0.4, -0.2) is 15.3 Å². The van der Waals surface area contributed by atoms with E-state index in [2.05, 4.69) is 4.98 Å². The van der Waals surface area contributed by atoms with E-state index in [-0.39, 0.29) is 17.9 Å². The third-order valence-corrected chi connectivity index (χ3v) is 5.22. The second kappa shape index (κ2) is 6.69. The van der Waals surface area contributed by atoms with E-state index in [1.54, 1.807) is 12.1 Å². The summed E-state index contributed by atoms with van der Waals surface area (Å²) in [6.07, 6.45) is 1.46. The summed E-state index contributed by atoms with van der Waals surface area (Å²) in [5.41, 5.74) is 3.41. The van der Waals surface area contributed by atoms with Crippen LogP contribution in [0.1, 0.15) is 15.9 Å². The zero-order chi connectivity index (χ0) is 18.1. The van der Waals surface area contributed by atoms with E-state index in [0.717, 1.165) is 16.7 Å². The zero-order valence-corrected chi connectivity index (χ0v) is 15.0. The first-order valence-corrected chi connectivity index (χ1v) is 9.13. The normalized spacial score (nSPS) is 11.0. The number of benzene rings is 2. The van der Waals surface area contributed by atoms with Gasteiger partial charge in [-0.3, -0.25) is 14.2 Å². The van der Waals surface area contributed by atoms with Crippen LogP contribution in [0.5, 0.6) is 0 Å². The molecule has 0 unspecified atom stereocenters. The number of carbonyl (C=O) groups excluding carboxylic acids is 1. The monoisotopic (exact) mass is 360 g/mol. The first kappa shape index (κ1) is 16.4. The van der Waals surface area contributed by atoms with Gasteiger partial charge in [-0.05, 0) is 12.5 Å². The van der Waals surface area contributed by atoms with Crippen molar-refractivity contribution in [2.75, 3.05) is 0 Å². The largest absolute Gasteiger partial charge is 0.292 e. The van der Waals surface area contributed by atoms with Gasteiger partial charge in [-0.2, -0.15) is 0 Å². The third kappa shape index (κ3) is 2.97. The summed E-state index contributed by atoms with van der Waals surface area (Å²) in [7, 11) is 0. The van der Waals surface area contributed by atoms with E-state index in [0.29, 0.717) is 15.8 Å². The lowest BCUT2D eigenvalue weighted by Gasteiger charge is -2.06. The first-order chi connectivity index (χ1) is 12.6. The van der Waals surface area contributed by atoms with Gasteiger partial charge < -0.3 is 0 Å². The Morgan fingerprint density at radius 1 is 1.08 bits per heavy atom. The van der Waals surface area contributed by atoms with E-state index < -0.39 is 0 Å². The van der Waals surface area contributed by atoms with Crippen LogP contribution in [0.4, 0.5) is 0 Å². The highest BCUT2D eigenvalue weighted by Crippen LogP contribution is 2.30. The molecule has 0 N–H and O–H groups in total. The Bertz CT molecular complexity index is 1140. The van der Waals surface area contributed by atoms with Crippen LogP contribution in [0.15, 0.2) is 71.1 Å². The Morgan fingerprint density at radius 2 is 1.81 bits per heavy atom. The summed E-state index contributed by atoms with van der Waals surface area (Å²) < 4.78 is 1.39. The Labute approximate surface area is 154 Å². The van der Waals surface area contributed by atoms with Crippen molar-refractivity contribution >= 4 is 27.3 Å². The number of aryl methyl sites for hydroxylation is 1. The first-order valence-electron chi connectivity index (χ1n) is 8.25. The molecule has 2 aromatic heterocycles. The van der Waals surface area contributed by atoms with E-state index in [1.807, 2.05) is 54.8 Å². The highest BCUT2D eigenvalue weighted by molar-refractivity contribution is 7.17. The van der Waals surface area contributed by atoms with Crippen LogP contribution in [0.3, 0.4) is 0 Å². The fourth-order valence-corrected chi connectivity index (χ4v) is 3.80. The van der Waals surface area contributed by atoms with Crippen molar-refractivity contribution in [3.05, 3.63) is 87.8 Å². The molecular formula is C21H16N2O2S. The molecule has 128 valence electrons. The number of thiophene rings is 1. The van der Waals surface area contributed by atoms with E-state index in [4.69, 9.17) is 0 Å². The number of hydrogen-bond acceptors (Lipinski definition) is 4. The second-order valence-corrected chi connectivity index (χ2v) is 7.02. The highest BCUT2D eigenvalue weighted by Gasteiger charge is 2.15. The minimum atomic E-state index is -0.184. The van der Waals surface area contributed by atoms with Gasteiger partial charge in [0.2, 0.25) is 0 Å². The number of Topliss-reactive ketones (excluding diaryl/α,β-unsaturated/α-hetero) is 1. The highest BCUT2D eigenvalue weighted by atomic mass is 32.1. The van der Waals surface area contributed by atoms with Crippen LogP contribution >= 0.6 is 11.3 Å². The fraction of sp³-hybridized carbons (Fsp3) is 0.0952. The molecule has 4 nitrogen and oxygen atoms in total. The maximum absolute atomic E-state index is 13.0. The number of fused-ring (bicyclic) bond motifs is 1. The van der Waals surface area contributed by atoms with Crippen molar-refractivity contribution in [1.82, 2.24) is 9.55 Å². The minimum absolute atomic E-state index is 0.0189. The number of aromatic nitrogens is 2. The van der Waals surface area contributed by atoms with Crippen molar-refractivity contribution in [2.45, 2.75) is 13.5 Å². The summed E-state index contributed by atoms with van der Waals surface area (Å²) in [5, 5.41) is 2.52. The molecule has 5 heteroatoms. The maximum atomic E-state index is 13.0. The summed E-state index contributed by atoms with van der Waals surface area (Å²) >= 11 is 1.44. The van der Waals surface area contributed by atoms with Gasteiger partial charge >= 0.3 is 0 Å². The van der Waals surface area contributed by atoms with E-state index in [9.17, 15) is 9.59 Å². The fourth-order valence-electron chi connectivity index (χ4n) is 2.90. The number of carbonyl (C=O) groups is 1.